The van der Waals surface area contributed by atoms with Crippen molar-refractivity contribution in [2.24, 2.45) is 5.92 Å². The molecule has 1 aromatic rings. The predicted molar refractivity (Wildman–Crippen MR) is 88.2 cm³/mol. The second kappa shape index (κ2) is 6.35. The van der Waals surface area contributed by atoms with Gasteiger partial charge < -0.3 is 10.2 Å². The number of nitrogens with one attached hydrogen (secondary N) is 1. The van der Waals surface area contributed by atoms with Crippen LogP contribution >= 0.6 is 0 Å². The highest BCUT2D eigenvalue weighted by molar-refractivity contribution is 5.50. The zero-order chi connectivity index (χ0) is 15.6. The molecule has 0 radical (unpaired) electrons. The smallest absolute Gasteiger partial charge is 0.146 e. The van der Waals surface area contributed by atoms with Gasteiger partial charge in [-0.2, -0.15) is 0 Å². The summed E-state index contributed by atoms with van der Waals surface area (Å²) >= 11 is 0. The van der Waals surface area contributed by atoms with Crippen LogP contribution in [0.5, 0.6) is 0 Å². The summed E-state index contributed by atoms with van der Waals surface area (Å²) in [6.45, 7) is 12.3. The minimum atomic E-state index is -0.0995. The maximum absolute atomic E-state index is 14.5. The first-order chi connectivity index (χ1) is 9.76. The molecule has 0 saturated heterocycles. The molecule has 3 heteroatoms. The average Bonchev–Trinajstić information content (AvgIpc) is 3.17. The van der Waals surface area contributed by atoms with Crippen molar-refractivity contribution in [2.75, 3.05) is 11.4 Å². The SMILES string of the molecule is CC(C)N(CC1CC1)c1ccc(CNC(C)(C)C)cc1F. The molecule has 1 aliphatic rings. The van der Waals surface area contributed by atoms with E-state index in [0.29, 0.717) is 12.6 Å². The Morgan fingerprint density at radius 3 is 2.43 bits per heavy atom. The topological polar surface area (TPSA) is 15.3 Å². The van der Waals surface area contributed by atoms with Crippen molar-refractivity contribution < 1.29 is 4.39 Å². The maximum Gasteiger partial charge on any atom is 0.146 e. The van der Waals surface area contributed by atoms with E-state index >= 15 is 0 Å². The first kappa shape index (κ1) is 16.3. The van der Waals surface area contributed by atoms with E-state index < -0.39 is 0 Å². The van der Waals surface area contributed by atoms with E-state index in [1.807, 2.05) is 12.1 Å². The molecular weight excluding hydrogens is 263 g/mol. The van der Waals surface area contributed by atoms with Crippen LogP contribution in [0.3, 0.4) is 0 Å². The van der Waals surface area contributed by atoms with E-state index in [1.165, 1.54) is 12.8 Å². The fourth-order valence-corrected chi connectivity index (χ4v) is 2.43. The molecule has 2 nitrogen and oxygen atoms in total. The van der Waals surface area contributed by atoms with Gasteiger partial charge in [-0.1, -0.05) is 6.07 Å². The average molecular weight is 292 g/mol. The van der Waals surface area contributed by atoms with Crippen LogP contribution in [-0.4, -0.2) is 18.1 Å². The Balaban J connectivity index is 2.09. The zero-order valence-corrected chi connectivity index (χ0v) is 14.0. The molecule has 1 aromatic carbocycles. The van der Waals surface area contributed by atoms with Crippen LogP contribution < -0.4 is 10.2 Å². The van der Waals surface area contributed by atoms with Gasteiger partial charge in [0.25, 0.3) is 0 Å². The van der Waals surface area contributed by atoms with Gasteiger partial charge in [0.2, 0.25) is 0 Å². The first-order valence-corrected chi connectivity index (χ1v) is 8.06. The molecule has 1 saturated carbocycles. The van der Waals surface area contributed by atoms with E-state index in [-0.39, 0.29) is 11.4 Å². The van der Waals surface area contributed by atoms with Crippen LogP contribution in [-0.2, 0) is 6.54 Å². The highest BCUT2D eigenvalue weighted by Crippen LogP contribution is 2.33. The third-order valence-corrected chi connectivity index (χ3v) is 3.92. The maximum atomic E-state index is 14.5. The van der Waals surface area contributed by atoms with Gasteiger partial charge >= 0.3 is 0 Å². The summed E-state index contributed by atoms with van der Waals surface area (Å²) in [6, 6.07) is 5.99. The van der Waals surface area contributed by atoms with Crippen molar-refractivity contribution in [3.05, 3.63) is 29.6 Å². The van der Waals surface area contributed by atoms with Crippen molar-refractivity contribution in [3.8, 4) is 0 Å². The lowest BCUT2D eigenvalue weighted by molar-refractivity contribution is 0.423. The standard InChI is InChI=1S/C18H29FN2/c1-13(2)21(12-14-6-7-14)17-9-8-15(10-16(17)19)11-20-18(3,4)5/h8-10,13-14,20H,6-7,11-12H2,1-5H3. The normalized spacial score (nSPS) is 15.6. The molecule has 0 heterocycles. The van der Waals surface area contributed by atoms with Gasteiger partial charge in [-0.15, -0.1) is 0 Å². The molecule has 21 heavy (non-hydrogen) atoms. The molecule has 2 rings (SSSR count). The Bertz CT molecular complexity index is 473. The number of hydrogen-bond donors (Lipinski definition) is 1. The second-order valence-corrected chi connectivity index (χ2v) is 7.58. The second-order valence-electron chi connectivity index (χ2n) is 7.58. The van der Waals surface area contributed by atoms with Crippen LogP contribution in [0.4, 0.5) is 10.1 Å². The van der Waals surface area contributed by atoms with Crippen LogP contribution in [0.1, 0.15) is 53.0 Å². The van der Waals surface area contributed by atoms with Crippen molar-refractivity contribution in [1.29, 1.82) is 0 Å². The summed E-state index contributed by atoms with van der Waals surface area (Å²) in [4.78, 5) is 2.20. The number of benzene rings is 1. The Hall–Kier alpha value is -1.09. The molecule has 0 amide bonds. The molecule has 0 spiro atoms. The van der Waals surface area contributed by atoms with Gasteiger partial charge in [-0.25, -0.2) is 4.39 Å². The van der Waals surface area contributed by atoms with E-state index in [1.54, 1.807) is 6.07 Å². The summed E-state index contributed by atoms with van der Waals surface area (Å²) in [6.07, 6.45) is 2.58. The minimum absolute atomic E-state index is 0.0467. The summed E-state index contributed by atoms with van der Waals surface area (Å²) < 4.78 is 14.5. The van der Waals surface area contributed by atoms with Crippen LogP contribution in [0, 0.1) is 11.7 Å². The molecule has 1 N–H and O–H groups in total. The van der Waals surface area contributed by atoms with Crippen LogP contribution in [0.25, 0.3) is 0 Å². The van der Waals surface area contributed by atoms with Gasteiger partial charge in [-0.3, -0.25) is 0 Å². The fraction of sp³-hybridized carbons (Fsp3) is 0.667. The lowest BCUT2D eigenvalue weighted by Gasteiger charge is -2.30. The van der Waals surface area contributed by atoms with E-state index in [0.717, 1.165) is 23.7 Å². The van der Waals surface area contributed by atoms with E-state index in [9.17, 15) is 4.39 Å². The molecule has 0 atom stereocenters. The van der Waals surface area contributed by atoms with Gasteiger partial charge in [-0.05, 0) is 71.1 Å². The molecule has 118 valence electrons. The Morgan fingerprint density at radius 2 is 1.95 bits per heavy atom. The van der Waals surface area contributed by atoms with E-state index in [2.05, 4.69) is 44.8 Å². The van der Waals surface area contributed by atoms with Crippen molar-refractivity contribution >= 4 is 5.69 Å². The minimum Gasteiger partial charge on any atom is -0.366 e. The highest BCUT2D eigenvalue weighted by atomic mass is 19.1. The molecule has 0 bridgehead atoms. The monoisotopic (exact) mass is 292 g/mol. The third kappa shape index (κ3) is 4.99. The molecule has 0 unspecified atom stereocenters. The Labute approximate surface area is 128 Å². The summed E-state index contributed by atoms with van der Waals surface area (Å²) in [7, 11) is 0. The lowest BCUT2D eigenvalue weighted by atomic mass is 10.1. The predicted octanol–water partition coefficient (Wildman–Crippen LogP) is 4.34. The summed E-state index contributed by atoms with van der Waals surface area (Å²) in [5.74, 6) is 0.659. The number of anilines is 1. The van der Waals surface area contributed by atoms with Crippen molar-refractivity contribution in [2.45, 2.75) is 65.6 Å². The van der Waals surface area contributed by atoms with Gasteiger partial charge in [0.05, 0.1) is 5.69 Å². The van der Waals surface area contributed by atoms with Gasteiger partial charge in [0, 0.05) is 24.7 Å². The lowest BCUT2D eigenvalue weighted by Crippen LogP contribution is -2.35. The van der Waals surface area contributed by atoms with Crippen LogP contribution in [0.15, 0.2) is 18.2 Å². The molecule has 1 fully saturated rings. The quantitative estimate of drug-likeness (QED) is 0.839. The largest absolute Gasteiger partial charge is 0.366 e. The number of rotatable bonds is 6. The van der Waals surface area contributed by atoms with Crippen molar-refractivity contribution in [3.63, 3.8) is 0 Å². The van der Waals surface area contributed by atoms with Gasteiger partial charge in [0.15, 0.2) is 0 Å². The molecular formula is C18H29FN2. The van der Waals surface area contributed by atoms with Crippen LogP contribution in [0.2, 0.25) is 0 Å². The van der Waals surface area contributed by atoms with Crippen molar-refractivity contribution in [1.82, 2.24) is 5.32 Å². The fourth-order valence-electron chi connectivity index (χ4n) is 2.43. The third-order valence-electron chi connectivity index (χ3n) is 3.92. The molecule has 0 aliphatic heterocycles. The number of hydrogen-bond acceptors (Lipinski definition) is 2. The molecule has 0 aromatic heterocycles. The summed E-state index contributed by atoms with van der Waals surface area (Å²) in [5.41, 5.74) is 1.79. The highest BCUT2D eigenvalue weighted by Gasteiger charge is 2.26. The number of nitrogens with zero attached hydrogens (tertiary/aromatic N) is 1. The Morgan fingerprint density at radius 1 is 1.29 bits per heavy atom. The first-order valence-electron chi connectivity index (χ1n) is 8.06. The number of halogens is 1. The summed E-state index contributed by atoms with van der Waals surface area (Å²) in [5, 5.41) is 3.40. The zero-order valence-electron chi connectivity index (χ0n) is 14.0. The Kier molecular flexibility index (Phi) is 4.92. The van der Waals surface area contributed by atoms with E-state index in [4.69, 9.17) is 0 Å². The molecule has 1 aliphatic carbocycles. The van der Waals surface area contributed by atoms with Gasteiger partial charge in [0.1, 0.15) is 5.82 Å².